The van der Waals surface area contributed by atoms with Gasteiger partial charge in [-0.1, -0.05) is 12.0 Å². The zero-order valence-electron chi connectivity index (χ0n) is 6.11. The minimum atomic E-state index is -0.135. The quantitative estimate of drug-likeness (QED) is 0.435. The van der Waals surface area contributed by atoms with Crippen molar-refractivity contribution in [1.29, 1.82) is 0 Å². The molecule has 0 aliphatic carbocycles. The van der Waals surface area contributed by atoms with Gasteiger partial charge in [-0.15, -0.1) is 0 Å². The zero-order chi connectivity index (χ0) is 8.97. The van der Waals surface area contributed by atoms with Crippen molar-refractivity contribution >= 4 is 6.29 Å². The fraction of sp³-hybridized carbons (Fsp3) is 0. The molecule has 0 heterocycles. The summed E-state index contributed by atoms with van der Waals surface area (Å²) in [5, 5.41) is 18.3. The van der Waals surface area contributed by atoms with E-state index in [0.717, 1.165) is 0 Å². The number of carbonyl (C=O) groups is 1. The number of hydrogen-bond acceptors (Lipinski definition) is 3. The summed E-state index contributed by atoms with van der Waals surface area (Å²) in [6.07, 6.45) is 0.395. The number of hydrogen-bond donors (Lipinski definition) is 2. The second kappa shape index (κ2) is 3.44. The van der Waals surface area contributed by atoms with Crippen LogP contribution in [0.3, 0.4) is 0 Å². The molecule has 3 nitrogen and oxygen atoms in total. The number of phenolic OH excluding ortho intramolecular Hbond substituents is 2. The molecule has 0 aliphatic rings. The van der Waals surface area contributed by atoms with Gasteiger partial charge in [0.1, 0.15) is 17.1 Å². The van der Waals surface area contributed by atoms with Gasteiger partial charge in [-0.3, -0.25) is 4.79 Å². The highest BCUT2D eigenvalue weighted by molar-refractivity contribution is 5.75. The van der Waals surface area contributed by atoms with Gasteiger partial charge in [-0.05, 0) is 18.1 Å². The predicted molar refractivity (Wildman–Crippen MR) is 42.7 cm³/mol. The summed E-state index contributed by atoms with van der Waals surface area (Å²) in [6, 6.07) is 4.25. The predicted octanol–water partition coefficient (Wildman–Crippen LogP) is 0.648. The topological polar surface area (TPSA) is 57.5 Å². The average Bonchev–Trinajstić information content (AvgIpc) is 2.04. The fourth-order valence-corrected chi connectivity index (χ4v) is 0.758. The summed E-state index contributed by atoms with van der Waals surface area (Å²) in [6.45, 7) is 0. The van der Waals surface area contributed by atoms with E-state index in [4.69, 9.17) is 10.2 Å². The van der Waals surface area contributed by atoms with Gasteiger partial charge in [-0.25, -0.2) is 0 Å². The number of carbonyl (C=O) groups excluding carboxylic acids is 1. The highest BCUT2D eigenvalue weighted by Crippen LogP contribution is 2.24. The van der Waals surface area contributed by atoms with Crippen LogP contribution >= 0.6 is 0 Å². The molecule has 0 aromatic heterocycles. The lowest BCUT2D eigenvalue weighted by atomic mass is 10.2. The standard InChI is InChI=1S/C9H6O3/c10-6-2-3-7-8(11)4-1-5-9(7)12/h1,4-6,11-12H. The zero-order valence-corrected chi connectivity index (χ0v) is 6.11. The number of rotatable bonds is 0. The average molecular weight is 162 g/mol. The molecular formula is C9H6O3. The lowest BCUT2D eigenvalue weighted by Gasteiger charge is -1.97. The van der Waals surface area contributed by atoms with Crippen molar-refractivity contribution in [2.24, 2.45) is 0 Å². The Morgan fingerprint density at radius 3 is 2.33 bits per heavy atom. The van der Waals surface area contributed by atoms with Crippen LogP contribution in [-0.2, 0) is 4.79 Å². The molecule has 0 bridgehead atoms. The number of aromatic hydroxyl groups is 2. The molecule has 0 fully saturated rings. The van der Waals surface area contributed by atoms with E-state index in [-0.39, 0.29) is 17.1 Å². The Bertz CT molecular complexity index is 338. The maximum atomic E-state index is 9.86. The van der Waals surface area contributed by atoms with E-state index in [1.807, 2.05) is 0 Å². The van der Waals surface area contributed by atoms with Crippen molar-refractivity contribution < 1.29 is 15.0 Å². The Labute approximate surface area is 69.3 Å². The van der Waals surface area contributed by atoms with Crippen LogP contribution in [0, 0.1) is 11.8 Å². The van der Waals surface area contributed by atoms with Crippen molar-refractivity contribution in [2.45, 2.75) is 0 Å². The van der Waals surface area contributed by atoms with Crippen LogP contribution in [0.1, 0.15) is 5.56 Å². The van der Waals surface area contributed by atoms with Crippen LogP contribution in [0.5, 0.6) is 11.5 Å². The highest BCUT2D eigenvalue weighted by Gasteiger charge is 2.01. The maximum absolute atomic E-state index is 9.86. The normalized spacial score (nSPS) is 8.33. The Morgan fingerprint density at radius 2 is 1.83 bits per heavy atom. The van der Waals surface area contributed by atoms with E-state index in [2.05, 4.69) is 11.8 Å². The maximum Gasteiger partial charge on any atom is 0.193 e. The summed E-state index contributed by atoms with van der Waals surface area (Å²) in [5.74, 6) is 4.14. The second-order valence-electron chi connectivity index (χ2n) is 2.06. The molecule has 0 atom stereocenters. The Morgan fingerprint density at radius 1 is 1.25 bits per heavy atom. The number of benzene rings is 1. The van der Waals surface area contributed by atoms with Gasteiger partial charge >= 0.3 is 0 Å². The largest absolute Gasteiger partial charge is 0.507 e. The van der Waals surface area contributed by atoms with Crippen molar-refractivity contribution in [1.82, 2.24) is 0 Å². The summed E-state index contributed by atoms with van der Waals surface area (Å²) in [7, 11) is 0. The van der Waals surface area contributed by atoms with E-state index in [1.54, 1.807) is 0 Å². The van der Waals surface area contributed by atoms with Gasteiger partial charge in [0.05, 0.1) is 0 Å². The smallest absolute Gasteiger partial charge is 0.193 e. The first kappa shape index (κ1) is 8.15. The van der Waals surface area contributed by atoms with Crippen molar-refractivity contribution in [3.05, 3.63) is 23.8 Å². The molecule has 0 aliphatic heterocycles. The third-order valence-electron chi connectivity index (χ3n) is 1.28. The van der Waals surface area contributed by atoms with E-state index < -0.39 is 0 Å². The molecule has 1 rings (SSSR count). The molecule has 0 unspecified atom stereocenters. The lowest BCUT2D eigenvalue weighted by molar-refractivity contribution is -0.103. The Kier molecular flexibility index (Phi) is 2.34. The van der Waals surface area contributed by atoms with Gasteiger partial charge < -0.3 is 10.2 Å². The first-order valence-corrected chi connectivity index (χ1v) is 3.22. The van der Waals surface area contributed by atoms with Gasteiger partial charge in [0.25, 0.3) is 0 Å². The van der Waals surface area contributed by atoms with E-state index in [0.29, 0.717) is 6.29 Å². The molecule has 0 amide bonds. The van der Waals surface area contributed by atoms with Gasteiger partial charge in [-0.2, -0.15) is 0 Å². The molecule has 0 saturated carbocycles. The lowest BCUT2D eigenvalue weighted by Crippen LogP contribution is -1.77. The summed E-state index contributed by atoms with van der Waals surface area (Å²) < 4.78 is 0. The minimum Gasteiger partial charge on any atom is -0.507 e. The minimum absolute atomic E-state index is 0.0737. The molecule has 0 saturated heterocycles. The molecule has 1 aromatic rings. The van der Waals surface area contributed by atoms with E-state index in [1.165, 1.54) is 18.2 Å². The third-order valence-corrected chi connectivity index (χ3v) is 1.28. The monoisotopic (exact) mass is 162 g/mol. The van der Waals surface area contributed by atoms with Crippen LogP contribution in [0.25, 0.3) is 0 Å². The first-order valence-electron chi connectivity index (χ1n) is 3.22. The summed E-state index contributed by atoms with van der Waals surface area (Å²) in [4.78, 5) is 9.86. The highest BCUT2D eigenvalue weighted by atomic mass is 16.3. The third kappa shape index (κ3) is 1.55. The molecule has 0 radical (unpaired) electrons. The van der Waals surface area contributed by atoms with Crippen LogP contribution in [0.15, 0.2) is 18.2 Å². The SMILES string of the molecule is O=CC#Cc1c(O)cccc1O. The van der Waals surface area contributed by atoms with E-state index in [9.17, 15) is 4.79 Å². The molecule has 12 heavy (non-hydrogen) atoms. The Hall–Kier alpha value is -1.95. The Balaban J connectivity index is 3.21. The van der Waals surface area contributed by atoms with Gasteiger partial charge in [0.15, 0.2) is 6.29 Å². The summed E-state index contributed by atoms with van der Waals surface area (Å²) >= 11 is 0. The van der Waals surface area contributed by atoms with Crippen LogP contribution in [0.4, 0.5) is 0 Å². The van der Waals surface area contributed by atoms with Crippen molar-refractivity contribution in [2.75, 3.05) is 0 Å². The van der Waals surface area contributed by atoms with Crippen molar-refractivity contribution in [3.63, 3.8) is 0 Å². The van der Waals surface area contributed by atoms with Crippen LogP contribution in [0.2, 0.25) is 0 Å². The fourth-order valence-electron chi connectivity index (χ4n) is 0.758. The molecule has 2 N–H and O–H groups in total. The van der Waals surface area contributed by atoms with Crippen LogP contribution in [-0.4, -0.2) is 16.5 Å². The van der Waals surface area contributed by atoms with E-state index >= 15 is 0 Å². The summed E-state index contributed by atoms with van der Waals surface area (Å²) in [5.41, 5.74) is 0.0737. The second-order valence-corrected chi connectivity index (χ2v) is 2.06. The molecule has 0 spiro atoms. The number of aldehydes is 1. The molecule has 3 heteroatoms. The van der Waals surface area contributed by atoms with Crippen molar-refractivity contribution in [3.8, 4) is 23.3 Å². The van der Waals surface area contributed by atoms with Gasteiger partial charge in [0.2, 0.25) is 0 Å². The molecule has 60 valence electrons. The molecular weight excluding hydrogens is 156 g/mol. The first-order chi connectivity index (χ1) is 5.75. The van der Waals surface area contributed by atoms with Gasteiger partial charge in [0, 0.05) is 0 Å². The van der Waals surface area contributed by atoms with Crippen LogP contribution < -0.4 is 0 Å². The number of phenols is 2. The molecule has 1 aromatic carbocycles.